The van der Waals surface area contributed by atoms with E-state index in [1.165, 1.54) is 0 Å². The SMILES string of the molecule is CCC(CCCC(=O)O)CC(=O)O. The van der Waals surface area contributed by atoms with Crippen LogP contribution < -0.4 is 0 Å². The van der Waals surface area contributed by atoms with E-state index in [9.17, 15) is 9.59 Å². The third kappa shape index (κ3) is 7.31. The molecule has 0 aliphatic heterocycles. The van der Waals surface area contributed by atoms with Gasteiger partial charge in [0.2, 0.25) is 0 Å². The molecule has 0 heterocycles. The highest BCUT2D eigenvalue weighted by atomic mass is 16.4. The molecule has 76 valence electrons. The Bertz CT molecular complexity index is 176. The minimum Gasteiger partial charge on any atom is -0.481 e. The van der Waals surface area contributed by atoms with Gasteiger partial charge >= 0.3 is 11.9 Å². The van der Waals surface area contributed by atoms with E-state index >= 15 is 0 Å². The van der Waals surface area contributed by atoms with Crippen molar-refractivity contribution in [1.29, 1.82) is 0 Å². The first-order valence-electron chi connectivity index (χ1n) is 4.49. The normalized spacial score (nSPS) is 12.4. The number of carboxylic acid groups (broad SMARTS) is 2. The average molecular weight is 188 g/mol. The Hall–Kier alpha value is -1.06. The average Bonchev–Trinajstić information content (AvgIpc) is 2.01. The molecule has 2 N–H and O–H groups in total. The summed E-state index contributed by atoms with van der Waals surface area (Å²) in [4.78, 5) is 20.5. The molecule has 13 heavy (non-hydrogen) atoms. The maximum Gasteiger partial charge on any atom is 0.303 e. The lowest BCUT2D eigenvalue weighted by atomic mass is 9.96. The van der Waals surface area contributed by atoms with Gasteiger partial charge in [0.15, 0.2) is 0 Å². The van der Waals surface area contributed by atoms with Crippen LogP contribution in [0, 0.1) is 5.92 Å². The van der Waals surface area contributed by atoms with Crippen molar-refractivity contribution in [2.75, 3.05) is 0 Å². The number of rotatable bonds is 7. The highest BCUT2D eigenvalue weighted by molar-refractivity contribution is 5.67. The molecule has 0 aromatic carbocycles. The summed E-state index contributed by atoms with van der Waals surface area (Å²) in [7, 11) is 0. The Morgan fingerprint density at radius 3 is 2.23 bits per heavy atom. The van der Waals surface area contributed by atoms with Crippen molar-refractivity contribution in [3.63, 3.8) is 0 Å². The topological polar surface area (TPSA) is 74.6 Å². The molecule has 1 atom stereocenters. The highest BCUT2D eigenvalue weighted by Crippen LogP contribution is 2.16. The maximum atomic E-state index is 10.3. The summed E-state index contributed by atoms with van der Waals surface area (Å²) >= 11 is 0. The molecular formula is C9H16O4. The van der Waals surface area contributed by atoms with Crippen molar-refractivity contribution < 1.29 is 19.8 Å². The van der Waals surface area contributed by atoms with Crippen LogP contribution in [-0.4, -0.2) is 22.2 Å². The molecule has 0 saturated heterocycles. The number of carbonyl (C=O) groups is 2. The van der Waals surface area contributed by atoms with Crippen molar-refractivity contribution in [3.05, 3.63) is 0 Å². The molecule has 1 unspecified atom stereocenters. The van der Waals surface area contributed by atoms with Gasteiger partial charge in [-0.1, -0.05) is 13.3 Å². The van der Waals surface area contributed by atoms with Crippen molar-refractivity contribution in [2.24, 2.45) is 5.92 Å². The summed E-state index contributed by atoms with van der Waals surface area (Å²) in [6.45, 7) is 1.92. The molecule has 0 fully saturated rings. The number of carboxylic acids is 2. The maximum absolute atomic E-state index is 10.3. The number of hydrogen-bond acceptors (Lipinski definition) is 2. The number of hydrogen-bond donors (Lipinski definition) is 2. The van der Waals surface area contributed by atoms with Crippen LogP contribution in [0.3, 0.4) is 0 Å². The summed E-state index contributed by atoms with van der Waals surface area (Å²) in [5, 5.41) is 16.9. The molecule has 4 nitrogen and oxygen atoms in total. The Balaban J connectivity index is 3.59. The summed E-state index contributed by atoms with van der Waals surface area (Å²) in [6.07, 6.45) is 2.34. The summed E-state index contributed by atoms with van der Waals surface area (Å²) in [5.41, 5.74) is 0. The van der Waals surface area contributed by atoms with Gasteiger partial charge in [-0.25, -0.2) is 0 Å². The van der Waals surface area contributed by atoms with Gasteiger partial charge < -0.3 is 10.2 Å². The molecule has 0 aliphatic carbocycles. The van der Waals surface area contributed by atoms with Gasteiger partial charge in [-0.3, -0.25) is 9.59 Å². The van der Waals surface area contributed by atoms with Crippen LogP contribution in [0.2, 0.25) is 0 Å². The fourth-order valence-electron chi connectivity index (χ4n) is 1.24. The van der Waals surface area contributed by atoms with Gasteiger partial charge in [0, 0.05) is 12.8 Å². The summed E-state index contributed by atoms with van der Waals surface area (Å²) < 4.78 is 0. The molecule has 0 radical (unpaired) electrons. The molecule has 0 aliphatic rings. The van der Waals surface area contributed by atoms with Crippen LogP contribution in [0.15, 0.2) is 0 Å². The minimum absolute atomic E-state index is 0.122. The van der Waals surface area contributed by atoms with E-state index in [1.54, 1.807) is 0 Å². The largest absolute Gasteiger partial charge is 0.481 e. The quantitative estimate of drug-likeness (QED) is 0.638. The van der Waals surface area contributed by atoms with Gasteiger partial charge in [-0.15, -0.1) is 0 Å². The predicted molar refractivity (Wildman–Crippen MR) is 47.5 cm³/mol. The Morgan fingerprint density at radius 1 is 1.23 bits per heavy atom. The molecule has 0 bridgehead atoms. The smallest absolute Gasteiger partial charge is 0.303 e. The molecule has 4 heteroatoms. The van der Waals surface area contributed by atoms with Gasteiger partial charge in [-0.05, 0) is 18.8 Å². The fraction of sp³-hybridized carbons (Fsp3) is 0.778. The lowest BCUT2D eigenvalue weighted by Gasteiger charge is -2.10. The Labute approximate surface area is 77.6 Å². The van der Waals surface area contributed by atoms with Crippen LogP contribution in [-0.2, 0) is 9.59 Å². The standard InChI is InChI=1S/C9H16O4/c1-2-7(6-9(12)13)4-3-5-8(10)11/h7H,2-6H2,1H3,(H,10,11)(H,12,13). The Morgan fingerprint density at radius 2 is 1.85 bits per heavy atom. The van der Waals surface area contributed by atoms with Gasteiger partial charge in [0.25, 0.3) is 0 Å². The monoisotopic (exact) mass is 188 g/mol. The van der Waals surface area contributed by atoms with Gasteiger partial charge in [0.05, 0.1) is 0 Å². The zero-order valence-corrected chi connectivity index (χ0v) is 7.82. The zero-order valence-electron chi connectivity index (χ0n) is 7.82. The Kier molecular flexibility index (Phi) is 5.93. The van der Waals surface area contributed by atoms with Crippen LogP contribution >= 0.6 is 0 Å². The van der Waals surface area contributed by atoms with Crippen molar-refractivity contribution in [2.45, 2.75) is 39.0 Å². The van der Waals surface area contributed by atoms with Crippen LogP contribution in [0.5, 0.6) is 0 Å². The van der Waals surface area contributed by atoms with Crippen molar-refractivity contribution in [3.8, 4) is 0 Å². The van der Waals surface area contributed by atoms with Gasteiger partial charge in [0.1, 0.15) is 0 Å². The summed E-state index contributed by atoms with van der Waals surface area (Å²) in [5.74, 6) is -1.50. The van der Waals surface area contributed by atoms with Crippen LogP contribution in [0.4, 0.5) is 0 Å². The molecular weight excluding hydrogens is 172 g/mol. The minimum atomic E-state index is -0.815. The fourth-order valence-corrected chi connectivity index (χ4v) is 1.24. The number of aliphatic carboxylic acids is 2. The first-order chi connectivity index (χ1) is 6.06. The molecule has 0 rings (SSSR count). The molecule has 0 aromatic rings. The van der Waals surface area contributed by atoms with Gasteiger partial charge in [-0.2, -0.15) is 0 Å². The lowest BCUT2D eigenvalue weighted by Crippen LogP contribution is -2.07. The van der Waals surface area contributed by atoms with E-state index < -0.39 is 11.9 Å². The van der Waals surface area contributed by atoms with Crippen LogP contribution in [0.25, 0.3) is 0 Å². The second kappa shape index (κ2) is 6.46. The first kappa shape index (κ1) is 11.9. The van der Waals surface area contributed by atoms with Crippen molar-refractivity contribution >= 4 is 11.9 Å². The van der Waals surface area contributed by atoms with Crippen molar-refractivity contribution in [1.82, 2.24) is 0 Å². The molecule has 0 spiro atoms. The third-order valence-corrected chi connectivity index (χ3v) is 2.04. The van der Waals surface area contributed by atoms with E-state index in [2.05, 4.69) is 0 Å². The second-order valence-electron chi connectivity index (χ2n) is 3.16. The molecule has 0 saturated carbocycles. The first-order valence-corrected chi connectivity index (χ1v) is 4.49. The van der Waals surface area contributed by atoms with Crippen LogP contribution in [0.1, 0.15) is 39.0 Å². The lowest BCUT2D eigenvalue weighted by molar-refractivity contribution is -0.138. The van der Waals surface area contributed by atoms with E-state index in [1.807, 2.05) is 6.92 Å². The highest BCUT2D eigenvalue weighted by Gasteiger charge is 2.11. The van der Waals surface area contributed by atoms with E-state index in [0.29, 0.717) is 12.8 Å². The van der Waals surface area contributed by atoms with E-state index in [4.69, 9.17) is 10.2 Å². The third-order valence-electron chi connectivity index (χ3n) is 2.04. The predicted octanol–water partition coefficient (Wildman–Crippen LogP) is 1.74. The summed E-state index contributed by atoms with van der Waals surface area (Å²) in [6, 6.07) is 0. The van der Waals surface area contributed by atoms with E-state index in [-0.39, 0.29) is 18.8 Å². The second-order valence-corrected chi connectivity index (χ2v) is 3.16. The molecule has 0 amide bonds. The zero-order chi connectivity index (χ0) is 10.3. The molecule has 0 aromatic heterocycles. The van der Waals surface area contributed by atoms with E-state index in [0.717, 1.165) is 6.42 Å².